The highest BCUT2D eigenvalue weighted by Crippen LogP contribution is 2.14. The monoisotopic (exact) mass is 225 g/mol. The molecule has 0 amide bonds. The standard InChI is InChI=1S/C10H19N5O/c1-5-7(6(2)3)12-9-13-8(11)14-10(15-9)16-4/h6-7H,5H2,1-4H3,(H3,11,12,13,14,15). The van der Waals surface area contributed by atoms with Gasteiger partial charge < -0.3 is 15.8 Å². The molecule has 0 fully saturated rings. The molecule has 0 aliphatic carbocycles. The van der Waals surface area contributed by atoms with Crippen LogP contribution in [0.5, 0.6) is 6.01 Å². The number of hydrogen-bond donors (Lipinski definition) is 2. The van der Waals surface area contributed by atoms with Crippen molar-refractivity contribution in [2.24, 2.45) is 5.92 Å². The summed E-state index contributed by atoms with van der Waals surface area (Å²) in [4.78, 5) is 11.9. The molecule has 0 spiro atoms. The van der Waals surface area contributed by atoms with E-state index in [-0.39, 0.29) is 12.0 Å². The van der Waals surface area contributed by atoms with Crippen LogP contribution in [-0.2, 0) is 0 Å². The van der Waals surface area contributed by atoms with Crippen molar-refractivity contribution in [2.45, 2.75) is 33.2 Å². The molecule has 0 saturated carbocycles. The third-order valence-electron chi connectivity index (χ3n) is 2.37. The summed E-state index contributed by atoms with van der Waals surface area (Å²) in [6.07, 6.45) is 0.992. The zero-order valence-electron chi connectivity index (χ0n) is 10.2. The van der Waals surface area contributed by atoms with Gasteiger partial charge in [0.1, 0.15) is 0 Å². The Labute approximate surface area is 95.6 Å². The van der Waals surface area contributed by atoms with Gasteiger partial charge >= 0.3 is 6.01 Å². The van der Waals surface area contributed by atoms with Crippen molar-refractivity contribution in [1.29, 1.82) is 0 Å². The van der Waals surface area contributed by atoms with Crippen LogP contribution in [0.3, 0.4) is 0 Å². The number of methoxy groups -OCH3 is 1. The molecule has 90 valence electrons. The minimum absolute atomic E-state index is 0.160. The lowest BCUT2D eigenvalue weighted by Gasteiger charge is -2.20. The predicted octanol–water partition coefficient (Wildman–Crippen LogP) is 1.31. The largest absolute Gasteiger partial charge is 0.467 e. The number of nitrogen functional groups attached to an aromatic ring is 1. The molecule has 0 saturated heterocycles. The molecule has 6 nitrogen and oxygen atoms in total. The van der Waals surface area contributed by atoms with E-state index in [2.05, 4.69) is 41.0 Å². The van der Waals surface area contributed by atoms with Gasteiger partial charge in [-0.1, -0.05) is 20.8 Å². The van der Waals surface area contributed by atoms with Gasteiger partial charge in [0.2, 0.25) is 11.9 Å². The summed E-state index contributed by atoms with van der Waals surface area (Å²) < 4.78 is 4.93. The third kappa shape index (κ3) is 3.22. The molecule has 1 aromatic heterocycles. The maximum atomic E-state index is 5.55. The Morgan fingerprint density at radius 1 is 1.31 bits per heavy atom. The van der Waals surface area contributed by atoms with Crippen molar-refractivity contribution >= 4 is 11.9 Å². The summed E-state index contributed by atoms with van der Waals surface area (Å²) in [5.74, 6) is 1.12. The highest BCUT2D eigenvalue weighted by Gasteiger charge is 2.13. The summed E-state index contributed by atoms with van der Waals surface area (Å²) >= 11 is 0. The van der Waals surface area contributed by atoms with Gasteiger partial charge in [-0.05, 0) is 12.3 Å². The highest BCUT2D eigenvalue weighted by molar-refractivity contribution is 5.33. The van der Waals surface area contributed by atoms with E-state index in [4.69, 9.17) is 10.5 Å². The molecule has 1 heterocycles. The first-order chi connectivity index (χ1) is 7.56. The lowest BCUT2D eigenvalue weighted by Crippen LogP contribution is -2.26. The number of nitrogens with two attached hydrogens (primary N) is 1. The van der Waals surface area contributed by atoms with Gasteiger partial charge in [-0.25, -0.2) is 0 Å². The van der Waals surface area contributed by atoms with E-state index in [0.717, 1.165) is 6.42 Å². The summed E-state index contributed by atoms with van der Waals surface area (Å²) in [5, 5.41) is 3.22. The minimum atomic E-state index is 0.160. The molecule has 3 N–H and O–H groups in total. The maximum absolute atomic E-state index is 5.55. The van der Waals surface area contributed by atoms with Crippen molar-refractivity contribution in [3.05, 3.63) is 0 Å². The molecule has 16 heavy (non-hydrogen) atoms. The number of hydrogen-bond acceptors (Lipinski definition) is 6. The molecule has 0 aliphatic heterocycles. The highest BCUT2D eigenvalue weighted by atomic mass is 16.5. The van der Waals surface area contributed by atoms with E-state index in [0.29, 0.717) is 17.9 Å². The second kappa shape index (κ2) is 5.48. The van der Waals surface area contributed by atoms with Gasteiger partial charge in [0.15, 0.2) is 0 Å². The van der Waals surface area contributed by atoms with Crippen LogP contribution in [-0.4, -0.2) is 28.1 Å². The molecule has 1 atom stereocenters. The van der Waals surface area contributed by atoms with E-state index in [1.807, 2.05) is 0 Å². The van der Waals surface area contributed by atoms with Gasteiger partial charge in [-0.2, -0.15) is 15.0 Å². The van der Waals surface area contributed by atoms with Gasteiger partial charge in [0.05, 0.1) is 7.11 Å². The van der Waals surface area contributed by atoms with E-state index in [9.17, 15) is 0 Å². The van der Waals surface area contributed by atoms with Crippen molar-refractivity contribution in [2.75, 3.05) is 18.2 Å². The Hall–Kier alpha value is -1.59. The number of nitrogens with zero attached hydrogens (tertiary/aromatic N) is 3. The predicted molar refractivity (Wildman–Crippen MR) is 63.3 cm³/mol. The van der Waals surface area contributed by atoms with Crippen molar-refractivity contribution in [3.63, 3.8) is 0 Å². The molecular formula is C10H19N5O. The summed E-state index contributed by atoms with van der Waals surface area (Å²) in [7, 11) is 1.50. The Morgan fingerprint density at radius 3 is 2.50 bits per heavy atom. The first-order valence-corrected chi connectivity index (χ1v) is 5.38. The lowest BCUT2D eigenvalue weighted by molar-refractivity contribution is 0.379. The van der Waals surface area contributed by atoms with Crippen LogP contribution >= 0.6 is 0 Å². The summed E-state index contributed by atoms with van der Waals surface area (Å²) in [6.45, 7) is 6.39. The fourth-order valence-corrected chi connectivity index (χ4v) is 1.43. The summed E-state index contributed by atoms with van der Waals surface area (Å²) in [6, 6.07) is 0.542. The van der Waals surface area contributed by atoms with Crippen LogP contribution in [0.15, 0.2) is 0 Å². The quantitative estimate of drug-likeness (QED) is 0.785. The Balaban J connectivity index is 2.83. The number of nitrogens with one attached hydrogen (secondary N) is 1. The van der Waals surface area contributed by atoms with Gasteiger partial charge in [0.25, 0.3) is 0 Å². The normalized spacial score (nSPS) is 12.6. The number of ether oxygens (including phenoxy) is 1. The van der Waals surface area contributed by atoms with E-state index in [1.165, 1.54) is 7.11 Å². The number of aromatic nitrogens is 3. The molecule has 0 aromatic carbocycles. The third-order valence-corrected chi connectivity index (χ3v) is 2.37. The molecule has 6 heteroatoms. The first-order valence-electron chi connectivity index (χ1n) is 5.38. The van der Waals surface area contributed by atoms with Crippen LogP contribution in [0, 0.1) is 5.92 Å². The first kappa shape index (κ1) is 12.5. The molecule has 0 aliphatic rings. The number of anilines is 2. The second-order valence-corrected chi connectivity index (χ2v) is 3.91. The average molecular weight is 225 g/mol. The summed E-state index contributed by atoms with van der Waals surface area (Å²) in [5.41, 5.74) is 5.55. The number of rotatable bonds is 5. The zero-order valence-corrected chi connectivity index (χ0v) is 10.2. The van der Waals surface area contributed by atoms with Crippen molar-refractivity contribution in [1.82, 2.24) is 15.0 Å². The van der Waals surface area contributed by atoms with E-state index < -0.39 is 0 Å². The Kier molecular flexibility index (Phi) is 4.28. The second-order valence-electron chi connectivity index (χ2n) is 3.91. The van der Waals surface area contributed by atoms with Crippen LogP contribution < -0.4 is 15.8 Å². The van der Waals surface area contributed by atoms with Crippen molar-refractivity contribution < 1.29 is 4.74 Å². The SMILES string of the molecule is CCC(Nc1nc(N)nc(OC)n1)C(C)C. The molecule has 0 bridgehead atoms. The Bertz CT molecular complexity index is 342. The maximum Gasteiger partial charge on any atom is 0.322 e. The minimum Gasteiger partial charge on any atom is -0.467 e. The van der Waals surface area contributed by atoms with Crippen LogP contribution in [0.4, 0.5) is 11.9 Å². The molecule has 1 aromatic rings. The van der Waals surface area contributed by atoms with Crippen LogP contribution in [0.2, 0.25) is 0 Å². The van der Waals surface area contributed by atoms with Crippen molar-refractivity contribution in [3.8, 4) is 6.01 Å². The Morgan fingerprint density at radius 2 is 2.00 bits per heavy atom. The fraction of sp³-hybridized carbons (Fsp3) is 0.700. The topological polar surface area (TPSA) is 86.0 Å². The van der Waals surface area contributed by atoms with Gasteiger partial charge in [-0.15, -0.1) is 0 Å². The molecule has 1 unspecified atom stereocenters. The van der Waals surface area contributed by atoms with Gasteiger partial charge in [-0.3, -0.25) is 0 Å². The van der Waals surface area contributed by atoms with Crippen LogP contribution in [0.1, 0.15) is 27.2 Å². The average Bonchev–Trinajstić information content (AvgIpc) is 2.24. The molecule has 1 rings (SSSR count). The fourth-order valence-electron chi connectivity index (χ4n) is 1.43. The molecular weight excluding hydrogens is 206 g/mol. The zero-order chi connectivity index (χ0) is 12.1. The van der Waals surface area contributed by atoms with E-state index in [1.54, 1.807) is 0 Å². The van der Waals surface area contributed by atoms with Gasteiger partial charge in [0, 0.05) is 6.04 Å². The lowest BCUT2D eigenvalue weighted by atomic mass is 10.0. The van der Waals surface area contributed by atoms with E-state index >= 15 is 0 Å². The smallest absolute Gasteiger partial charge is 0.322 e. The van der Waals surface area contributed by atoms with Crippen LogP contribution in [0.25, 0.3) is 0 Å². The molecule has 0 radical (unpaired) electrons.